The second kappa shape index (κ2) is 6.00. The van der Waals surface area contributed by atoms with Gasteiger partial charge in [0.1, 0.15) is 10.6 Å². The van der Waals surface area contributed by atoms with Crippen LogP contribution in [-0.4, -0.2) is 29.2 Å². The zero-order valence-corrected chi connectivity index (χ0v) is 15.6. The lowest BCUT2D eigenvalue weighted by Crippen LogP contribution is -2.31. The molecule has 8 heteroatoms. The lowest BCUT2D eigenvalue weighted by atomic mass is 9.85. The predicted octanol–water partition coefficient (Wildman–Crippen LogP) is 2.65. The molecule has 7 nitrogen and oxygen atoms in total. The molecule has 0 radical (unpaired) electrons. The van der Waals surface area contributed by atoms with Gasteiger partial charge < -0.3 is 8.98 Å². The van der Waals surface area contributed by atoms with E-state index in [1.165, 1.54) is 6.42 Å². The van der Waals surface area contributed by atoms with E-state index in [0.717, 1.165) is 12.8 Å². The van der Waals surface area contributed by atoms with E-state index in [1.54, 1.807) is 27.7 Å². The minimum atomic E-state index is -3.59. The van der Waals surface area contributed by atoms with Gasteiger partial charge in [-0.05, 0) is 40.5 Å². The maximum Gasteiger partial charge on any atom is 0.264 e. The Balaban J connectivity index is 2.07. The molecule has 0 aromatic carbocycles. The average Bonchev–Trinajstić information content (AvgIpc) is 2.91. The number of hydrogen-bond donors (Lipinski definition) is 1. The van der Waals surface area contributed by atoms with E-state index < -0.39 is 10.0 Å². The van der Waals surface area contributed by atoms with Crippen molar-refractivity contribution >= 4 is 10.0 Å². The van der Waals surface area contributed by atoms with Crippen LogP contribution in [0.25, 0.3) is 11.6 Å². The summed E-state index contributed by atoms with van der Waals surface area (Å²) in [4.78, 5) is 0.289. The summed E-state index contributed by atoms with van der Waals surface area (Å²) in [6.07, 6.45) is 3.34. The molecule has 1 aliphatic rings. The van der Waals surface area contributed by atoms with Crippen molar-refractivity contribution < 1.29 is 12.8 Å². The topological polar surface area (TPSA) is 90.0 Å². The summed E-state index contributed by atoms with van der Waals surface area (Å²) in [6, 6.07) is -0.175. The molecule has 0 unspecified atom stereocenters. The second-order valence-electron chi connectivity index (χ2n) is 6.80. The number of hydrogen-bond acceptors (Lipinski definition) is 5. The molecule has 2 aromatic rings. The fourth-order valence-corrected chi connectivity index (χ4v) is 4.93. The highest BCUT2D eigenvalue weighted by Gasteiger charge is 2.31. The summed E-state index contributed by atoms with van der Waals surface area (Å²) < 4.78 is 35.6. The smallest absolute Gasteiger partial charge is 0.264 e. The lowest BCUT2D eigenvalue weighted by Gasteiger charge is -2.20. The van der Waals surface area contributed by atoms with Gasteiger partial charge in [0, 0.05) is 30.3 Å². The Kier molecular flexibility index (Phi) is 4.29. The average molecular weight is 352 g/mol. The van der Waals surface area contributed by atoms with E-state index in [9.17, 15) is 8.42 Å². The maximum atomic E-state index is 12.7. The number of aromatic nitrogens is 3. The lowest BCUT2D eigenvalue weighted by molar-refractivity contribution is 0.337. The van der Waals surface area contributed by atoms with Crippen LogP contribution in [0.15, 0.2) is 9.31 Å². The first kappa shape index (κ1) is 17.2. The van der Waals surface area contributed by atoms with Crippen LogP contribution in [0.1, 0.15) is 56.2 Å². The van der Waals surface area contributed by atoms with Crippen LogP contribution in [-0.2, 0) is 17.1 Å². The van der Waals surface area contributed by atoms with Gasteiger partial charge in [-0.15, -0.1) is 10.2 Å². The standard InChI is InChI=1S/C16H24N4O3S/c1-9(2)19-24(21,22)14-10(3)13(20(5)11(14)4)16-18-17-15(23-16)12-7-6-8-12/h9,12,19H,6-8H2,1-5H3. The zero-order valence-electron chi connectivity index (χ0n) is 14.8. The van der Waals surface area contributed by atoms with E-state index in [4.69, 9.17) is 4.42 Å². The molecule has 132 valence electrons. The summed E-state index contributed by atoms with van der Waals surface area (Å²) in [5, 5.41) is 8.31. The Bertz CT molecular complexity index is 860. The summed E-state index contributed by atoms with van der Waals surface area (Å²) in [7, 11) is -1.78. The first-order chi connectivity index (χ1) is 11.2. The molecule has 1 fully saturated rings. The molecular formula is C16H24N4O3S. The highest BCUT2D eigenvalue weighted by molar-refractivity contribution is 7.89. The second-order valence-corrected chi connectivity index (χ2v) is 8.45. The molecule has 2 heterocycles. The molecule has 3 rings (SSSR count). The van der Waals surface area contributed by atoms with Gasteiger partial charge in [-0.1, -0.05) is 6.42 Å². The quantitative estimate of drug-likeness (QED) is 0.893. The molecule has 0 bridgehead atoms. The third-order valence-electron chi connectivity index (χ3n) is 4.62. The molecule has 1 aliphatic carbocycles. The van der Waals surface area contributed by atoms with Crippen molar-refractivity contribution in [1.82, 2.24) is 19.5 Å². The summed E-state index contributed by atoms with van der Waals surface area (Å²) in [5.41, 5.74) is 1.95. The zero-order chi connectivity index (χ0) is 17.6. The van der Waals surface area contributed by atoms with Crippen LogP contribution >= 0.6 is 0 Å². The highest BCUT2D eigenvalue weighted by atomic mass is 32.2. The normalized spacial score (nSPS) is 15.9. The van der Waals surface area contributed by atoms with E-state index in [1.807, 2.05) is 11.6 Å². The van der Waals surface area contributed by atoms with Crippen LogP contribution in [0.3, 0.4) is 0 Å². The van der Waals surface area contributed by atoms with Gasteiger partial charge in [0.2, 0.25) is 15.9 Å². The summed E-state index contributed by atoms with van der Waals surface area (Å²) in [5.74, 6) is 1.38. The Morgan fingerprint density at radius 1 is 1.25 bits per heavy atom. The molecule has 1 N–H and O–H groups in total. The van der Waals surface area contributed by atoms with Gasteiger partial charge >= 0.3 is 0 Å². The van der Waals surface area contributed by atoms with Crippen LogP contribution in [0, 0.1) is 13.8 Å². The number of rotatable bonds is 5. The van der Waals surface area contributed by atoms with E-state index in [0.29, 0.717) is 34.7 Å². The van der Waals surface area contributed by atoms with E-state index in [2.05, 4.69) is 14.9 Å². The monoisotopic (exact) mass is 352 g/mol. The van der Waals surface area contributed by atoms with Crippen molar-refractivity contribution in [2.45, 2.75) is 63.8 Å². The molecule has 24 heavy (non-hydrogen) atoms. The van der Waals surface area contributed by atoms with Crippen LogP contribution in [0.4, 0.5) is 0 Å². The molecule has 2 aromatic heterocycles. The van der Waals surface area contributed by atoms with Gasteiger partial charge in [-0.3, -0.25) is 0 Å². The van der Waals surface area contributed by atoms with Crippen molar-refractivity contribution in [2.75, 3.05) is 0 Å². The molecule has 0 atom stereocenters. The molecule has 0 aliphatic heterocycles. The minimum Gasteiger partial charge on any atom is -0.419 e. The van der Waals surface area contributed by atoms with Crippen molar-refractivity contribution in [3.8, 4) is 11.6 Å². The van der Waals surface area contributed by atoms with Crippen molar-refractivity contribution in [3.63, 3.8) is 0 Å². The summed E-state index contributed by atoms with van der Waals surface area (Å²) >= 11 is 0. The van der Waals surface area contributed by atoms with Crippen molar-refractivity contribution in [3.05, 3.63) is 17.1 Å². The first-order valence-corrected chi connectivity index (χ1v) is 9.72. The molecular weight excluding hydrogens is 328 g/mol. The van der Waals surface area contributed by atoms with Gasteiger partial charge in [0.15, 0.2) is 0 Å². The fraction of sp³-hybridized carbons (Fsp3) is 0.625. The predicted molar refractivity (Wildman–Crippen MR) is 90.2 cm³/mol. The SMILES string of the molecule is Cc1c(S(=O)(=O)NC(C)C)c(C)n(C)c1-c1nnc(C2CCC2)o1. The Hall–Kier alpha value is -1.67. The molecule has 1 saturated carbocycles. The van der Waals surface area contributed by atoms with Gasteiger partial charge in [0.25, 0.3) is 5.89 Å². The van der Waals surface area contributed by atoms with Crippen LogP contribution in [0.5, 0.6) is 0 Å². The molecule has 0 spiro atoms. The summed E-state index contributed by atoms with van der Waals surface area (Å²) in [6.45, 7) is 7.17. The van der Waals surface area contributed by atoms with Crippen LogP contribution in [0.2, 0.25) is 0 Å². The Labute approximate surface area is 142 Å². The highest BCUT2D eigenvalue weighted by Crippen LogP contribution is 2.38. The van der Waals surface area contributed by atoms with Gasteiger partial charge in [-0.25, -0.2) is 13.1 Å². The third kappa shape index (κ3) is 2.77. The van der Waals surface area contributed by atoms with Crippen molar-refractivity contribution in [2.24, 2.45) is 7.05 Å². The first-order valence-electron chi connectivity index (χ1n) is 8.24. The Morgan fingerprint density at radius 3 is 2.46 bits per heavy atom. The molecule has 0 amide bonds. The fourth-order valence-electron chi connectivity index (χ4n) is 3.17. The largest absolute Gasteiger partial charge is 0.419 e. The third-order valence-corrected chi connectivity index (χ3v) is 6.54. The van der Waals surface area contributed by atoms with Crippen molar-refractivity contribution in [1.29, 1.82) is 0 Å². The van der Waals surface area contributed by atoms with Gasteiger partial charge in [-0.2, -0.15) is 0 Å². The molecule has 0 saturated heterocycles. The number of nitrogens with zero attached hydrogens (tertiary/aromatic N) is 3. The Morgan fingerprint density at radius 2 is 1.92 bits per heavy atom. The van der Waals surface area contributed by atoms with Crippen LogP contribution < -0.4 is 4.72 Å². The number of sulfonamides is 1. The maximum absolute atomic E-state index is 12.7. The van der Waals surface area contributed by atoms with E-state index >= 15 is 0 Å². The number of nitrogens with one attached hydrogen (secondary N) is 1. The van der Waals surface area contributed by atoms with E-state index in [-0.39, 0.29) is 10.9 Å². The van der Waals surface area contributed by atoms with Gasteiger partial charge in [0.05, 0.1) is 0 Å². The minimum absolute atomic E-state index is 0.175.